The molecule has 0 spiro atoms. The van der Waals surface area contributed by atoms with Crippen molar-refractivity contribution in [3.63, 3.8) is 0 Å². The minimum Gasteiger partial charge on any atom is -0.492 e. The van der Waals surface area contributed by atoms with E-state index in [-0.39, 0.29) is 18.0 Å². The summed E-state index contributed by atoms with van der Waals surface area (Å²) < 4.78 is 12.1. The average molecular weight is 485 g/mol. The number of morpholine rings is 1. The van der Waals surface area contributed by atoms with Gasteiger partial charge in [0.15, 0.2) is 5.13 Å². The lowest BCUT2D eigenvalue weighted by atomic mass is 10.1. The van der Waals surface area contributed by atoms with Crippen LogP contribution in [0.5, 0.6) is 5.75 Å². The zero-order chi connectivity index (χ0) is 23.9. The first-order chi connectivity index (χ1) is 16.5. The Morgan fingerprint density at radius 1 is 1.24 bits per heavy atom. The molecule has 0 atom stereocenters. The molecular formula is C24H28N4O5S. The van der Waals surface area contributed by atoms with E-state index in [1.54, 1.807) is 17.0 Å². The number of carbonyl (C=O) groups excluding carboxylic acids is 1. The Kier molecular flexibility index (Phi) is 8.04. The number of nitrogens with zero attached hydrogens (tertiary/aromatic N) is 4. The van der Waals surface area contributed by atoms with Crippen molar-refractivity contribution >= 4 is 38.3 Å². The van der Waals surface area contributed by atoms with Crippen molar-refractivity contribution in [2.24, 2.45) is 0 Å². The zero-order valence-electron chi connectivity index (χ0n) is 19.1. The SMILES string of the molecule is CCOc1cccc2sc(N(CCCN3CCOCC3)C(=O)Cc3ccc([N+](=O)[O-])cc3)nc12. The van der Waals surface area contributed by atoms with E-state index in [2.05, 4.69) is 4.90 Å². The van der Waals surface area contributed by atoms with Crippen LogP contribution in [0.2, 0.25) is 0 Å². The molecule has 4 rings (SSSR count). The summed E-state index contributed by atoms with van der Waals surface area (Å²) in [4.78, 5) is 32.7. The van der Waals surface area contributed by atoms with Crippen molar-refractivity contribution in [1.29, 1.82) is 0 Å². The van der Waals surface area contributed by atoms with Gasteiger partial charge in [-0.05, 0) is 31.0 Å². The molecule has 0 radical (unpaired) electrons. The molecule has 0 bridgehead atoms. The van der Waals surface area contributed by atoms with Gasteiger partial charge in [-0.25, -0.2) is 4.98 Å². The summed E-state index contributed by atoms with van der Waals surface area (Å²) in [5.41, 5.74) is 1.49. The minimum absolute atomic E-state index is 0.00759. The van der Waals surface area contributed by atoms with E-state index in [0.29, 0.717) is 24.0 Å². The van der Waals surface area contributed by atoms with Crippen LogP contribution in [0.3, 0.4) is 0 Å². The quantitative estimate of drug-likeness (QED) is 0.318. The number of thiazole rings is 1. The fourth-order valence-electron chi connectivity index (χ4n) is 3.91. The summed E-state index contributed by atoms with van der Waals surface area (Å²) in [6.45, 7) is 7.14. The van der Waals surface area contributed by atoms with Gasteiger partial charge < -0.3 is 9.47 Å². The van der Waals surface area contributed by atoms with Crippen molar-refractivity contribution < 1.29 is 19.2 Å². The Morgan fingerprint density at radius 3 is 2.71 bits per heavy atom. The van der Waals surface area contributed by atoms with Crippen LogP contribution in [-0.4, -0.2) is 66.7 Å². The third kappa shape index (κ3) is 5.88. The van der Waals surface area contributed by atoms with Gasteiger partial charge in [0.25, 0.3) is 5.69 Å². The molecule has 10 heteroatoms. The number of carbonyl (C=O) groups is 1. The lowest BCUT2D eigenvalue weighted by molar-refractivity contribution is -0.384. The molecule has 34 heavy (non-hydrogen) atoms. The van der Waals surface area contributed by atoms with E-state index in [0.717, 1.165) is 55.0 Å². The van der Waals surface area contributed by atoms with Crippen molar-refractivity contribution in [2.45, 2.75) is 19.8 Å². The molecule has 0 aliphatic carbocycles. The number of non-ortho nitro benzene ring substituents is 1. The van der Waals surface area contributed by atoms with Crippen LogP contribution >= 0.6 is 11.3 Å². The van der Waals surface area contributed by atoms with Crippen LogP contribution in [0.4, 0.5) is 10.8 Å². The first-order valence-electron chi connectivity index (χ1n) is 11.4. The highest BCUT2D eigenvalue weighted by Crippen LogP contribution is 2.34. The highest BCUT2D eigenvalue weighted by atomic mass is 32.1. The van der Waals surface area contributed by atoms with E-state index in [1.807, 2.05) is 25.1 Å². The molecule has 1 saturated heterocycles. The summed E-state index contributed by atoms with van der Waals surface area (Å²) in [5, 5.41) is 11.6. The van der Waals surface area contributed by atoms with Gasteiger partial charge in [-0.2, -0.15) is 0 Å². The van der Waals surface area contributed by atoms with Gasteiger partial charge in [-0.1, -0.05) is 29.5 Å². The second-order valence-electron chi connectivity index (χ2n) is 7.99. The van der Waals surface area contributed by atoms with Crippen molar-refractivity contribution in [2.75, 3.05) is 50.9 Å². The molecule has 2 aromatic carbocycles. The maximum atomic E-state index is 13.4. The van der Waals surface area contributed by atoms with Gasteiger partial charge in [-0.3, -0.25) is 24.7 Å². The third-order valence-corrected chi connectivity index (χ3v) is 6.71. The normalized spacial score (nSPS) is 14.3. The van der Waals surface area contributed by atoms with Crippen LogP contribution in [0.25, 0.3) is 10.2 Å². The molecule has 2 heterocycles. The van der Waals surface area contributed by atoms with Crippen molar-refractivity contribution in [3.8, 4) is 5.75 Å². The van der Waals surface area contributed by atoms with Gasteiger partial charge in [0.2, 0.25) is 5.91 Å². The number of hydrogen-bond acceptors (Lipinski definition) is 8. The summed E-state index contributed by atoms with van der Waals surface area (Å²) in [7, 11) is 0. The first kappa shape index (κ1) is 24.1. The molecule has 1 fully saturated rings. The number of nitro groups is 1. The van der Waals surface area contributed by atoms with Crippen LogP contribution in [-0.2, 0) is 16.0 Å². The Labute approximate surface area is 202 Å². The van der Waals surface area contributed by atoms with Gasteiger partial charge in [-0.15, -0.1) is 0 Å². The minimum atomic E-state index is -0.444. The van der Waals surface area contributed by atoms with Crippen LogP contribution < -0.4 is 9.64 Å². The van der Waals surface area contributed by atoms with Crippen LogP contribution in [0.15, 0.2) is 42.5 Å². The fourth-order valence-corrected chi connectivity index (χ4v) is 4.94. The molecule has 1 amide bonds. The number of amides is 1. The summed E-state index contributed by atoms with van der Waals surface area (Å²) >= 11 is 1.47. The number of ether oxygens (including phenoxy) is 2. The molecule has 0 unspecified atom stereocenters. The van der Waals surface area contributed by atoms with E-state index in [1.165, 1.54) is 23.5 Å². The number of anilines is 1. The predicted molar refractivity (Wildman–Crippen MR) is 132 cm³/mol. The number of benzene rings is 2. The molecule has 0 saturated carbocycles. The Hall–Kier alpha value is -3.08. The maximum Gasteiger partial charge on any atom is 0.269 e. The van der Waals surface area contributed by atoms with Gasteiger partial charge >= 0.3 is 0 Å². The van der Waals surface area contributed by atoms with E-state index >= 15 is 0 Å². The fraction of sp³-hybridized carbons (Fsp3) is 0.417. The standard InChI is InChI=1S/C24H28N4O5S/c1-2-33-20-5-3-6-21-23(20)25-24(34-21)27(12-4-11-26-13-15-32-16-14-26)22(29)17-18-7-9-19(10-8-18)28(30)31/h3,5-10H,2,4,11-17H2,1H3. The van der Waals surface area contributed by atoms with Gasteiger partial charge in [0, 0.05) is 38.3 Å². The molecule has 1 aliphatic heterocycles. The number of nitro benzene ring substituents is 1. The number of aromatic nitrogens is 1. The monoisotopic (exact) mass is 484 g/mol. The molecule has 9 nitrogen and oxygen atoms in total. The highest BCUT2D eigenvalue weighted by Gasteiger charge is 2.22. The highest BCUT2D eigenvalue weighted by molar-refractivity contribution is 7.22. The largest absolute Gasteiger partial charge is 0.492 e. The number of fused-ring (bicyclic) bond motifs is 1. The van der Waals surface area contributed by atoms with E-state index < -0.39 is 4.92 Å². The second-order valence-corrected chi connectivity index (χ2v) is 8.99. The molecule has 180 valence electrons. The molecule has 1 aromatic heterocycles. The van der Waals surface area contributed by atoms with Crippen molar-refractivity contribution in [1.82, 2.24) is 9.88 Å². The summed E-state index contributed by atoms with van der Waals surface area (Å²) in [6, 6.07) is 11.9. The number of hydrogen-bond donors (Lipinski definition) is 0. The Morgan fingerprint density at radius 2 is 2.00 bits per heavy atom. The van der Waals surface area contributed by atoms with Gasteiger partial charge in [0.1, 0.15) is 11.3 Å². The summed E-state index contributed by atoms with van der Waals surface area (Å²) in [6.07, 6.45) is 0.948. The van der Waals surface area contributed by atoms with Crippen LogP contribution in [0.1, 0.15) is 18.9 Å². The number of rotatable bonds is 10. The first-order valence-corrected chi connectivity index (χ1v) is 12.2. The topological polar surface area (TPSA) is 98.0 Å². The third-order valence-electron chi connectivity index (χ3n) is 5.66. The maximum absolute atomic E-state index is 13.4. The smallest absolute Gasteiger partial charge is 0.269 e. The molecule has 1 aliphatic rings. The Balaban J connectivity index is 1.54. The van der Waals surface area contributed by atoms with Gasteiger partial charge in [0.05, 0.1) is 35.9 Å². The lowest BCUT2D eigenvalue weighted by Gasteiger charge is -2.27. The molecule has 3 aromatic rings. The molecule has 0 N–H and O–H groups in total. The lowest BCUT2D eigenvalue weighted by Crippen LogP contribution is -2.39. The zero-order valence-corrected chi connectivity index (χ0v) is 20.0. The predicted octanol–water partition coefficient (Wildman–Crippen LogP) is 3.90. The average Bonchev–Trinajstić information content (AvgIpc) is 3.28. The van der Waals surface area contributed by atoms with Crippen molar-refractivity contribution in [3.05, 3.63) is 58.1 Å². The van der Waals surface area contributed by atoms with Crippen LogP contribution in [0, 0.1) is 10.1 Å². The Bertz CT molecular complexity index is 1130. The van der Waals surface area contributed by atoms with E-state index in [9.17, 15) is 14.9 Å². The second kappa shape index (κ2) is 11.4. The molecular weight excluding hydrogens is 456 g/mol. The van der Waals surface area contributed by atoms with E-state index in [4.69, 9.17) is 14.5 Å². The summed E-state index contributed by atoms with van der Waals surface area (Å²) in [5.74, 6) is 0.617. The number of para-hydroxylation sites is 1.